The maximum Gasteiger partial charge on any atom is 0.0541 e. The van der Waals surface area contributed by atoms with E-state index in [2.05, 4.69) is 241 Å². The summed E-state index contributed by atoms with van der Waals surface area (Å²) in [5.41, 5.74) is 15.5. The van der Waals surface area contributed by atoms with Crippen molar-refractivity contribution < 1.29 is 0 Å². The van der Waals surface area contributed by atoms with Gasteiger partial charge in [0.05, 0.1) is 11.0 Å². The maximum absolute atomic E-state index is 2.41. The molecular weight excluding hydrogens is 735 g/mol. The van der Waals surface area contributed by atoms with Gasteiger partial charge >= 0.3 is 0 Å². The van der Waals surface area contributed by atoms with Crippen molar-refractivity contribution in [1.82, 2.24) is 4.57 Å². The molecule has 0 aliphatic heterocycles. The fraction of sp³-hybridized carbons (Fsp3) is 0. The first-order chi connectivity index (χ1) is 30.2. The molecule has 0 spiro atoms. The molecule has 11 aromatic carbocycles. The Morgan fingerprint density at radius 1 is 0.180 bits per heavy atom. The number of hydrogen-bond acceptors (Lipinski definition) is 0. The van der Waals surface area contributed by atoms with Gasteiger partial charge in [-0.2, -0.15) is 0 Å². The van der Waals surface area contributed by atoms with Crippen LogP contribution in [0.15, 0.2) is 237 Å². The van der Waals surface area contributed by atoms with Crippen molar-refractivity contribution in [2.45, 2.75) is 0 Å². The number of nitrogens with zero attached hydrogens (tertiary/aromatic N) is 1. The first kappa shape index (κ1) is 35.0. The topological polar surface area (TPSA) is 4.93 Å². The van der Waals surface area contributed by atoms with Gasteiger partial charge in [0.1, 0.15) is 0 Å². The fourth-order valence-corrected chi connectivity index (χ4v) is 9.57. The zero-order chi connectivity index (χ0) is 40.3. The highest BCUT2D eigenvalue weighted by molar-refractivity contribution is 6.25. The van der Waals surface area contributed by atoms with Crippen LogP contribution in [-0.4, -0.2) is 4.57 Å². The highest BCUT2D eigenvalue weighted by Crippen LogP contribution is 2.41. The summed E-state index contributed by atoms with van der Waals surface area (Å²) in [5.74, 6) is 0. The number of para-hydroxylation sites is 1. The molecule has 1 heterocycles. The average molecular weight is 774 g/mol. The minimum atomic E-state index is 1.16. The summed E-state index contributed by atoms with van der Waals surface area (Å²) in [5, 5.41) is 10.2. The number of rotatable bonds is 6. The monoisotopic (exact) mass is 773 g/mol. The van der Waals surface area contributed by atoms with E-state index in [0.29, 0.717) is 0 Å². The molecule has 0 saturated carbocycles. The molecule has 0 unspecified atom stereocenters. The standard InChI is InChI=1S/C60H39N/c1-4-14-40(15-5-1)42-24-26-43(27-25-42)47-34-48(45-28-31-55-53-22-11-10-20-51(53)52-21-12-13-23-54(52)56(55)37-45)36-49(35-47)46-30-33-60-58(39-46)57-38-44(41-16-6-2-7-17-41)29-32-59(57)61(60)50-18-8-3-9-19-50/h1-39H. The van der Waals surface area contributed by atoms with Gasteiger partial charge in [0.15, 0.2) is 0 Å². The maximum atomic E-state index is 2.41. The number of aromatic nitrogens is 1. The van der Waals surface area contributed by atoms with Crippen molar-refractivity contribution in [3.8, 4) is 61.3 Å². The van der Waals surface area contributed by atoms with Crippen LogP contribution in [0.4, 0.5) is 0 Å². The van der Waals surface area contributed by atoms with Crippen LogP contribution in [0.3, 0.4) is 0 Å². The minimum Gasteiger partial charge on any atom is -0.309 e. The molecule has 1 aromatic heterocycles. The van der Waals surface area contributed by atoms with Crippen molar-refractivity contribution in [1.29, 1.82) is 0 Å². The Labute approximate surface area is 355 Å². The van der Waals surface area contributed by atoms with Crippen molar-refractivity contribution in [3.05, 3.63) is 237 Å². The van der Waals surface area contributed by atoms with Gasteiger partial charge < -0.3 is 4.57 Å². The van der Waals surface area contributed by atoms with Crippen LogP contribution < -0.4 is 0 Å². The molecule has 0 amide bonds. The van der Waals surface area contributed by atoms with Crippen molar-refractivity contribution in [2.75, 3.05) is 0 Å². The van der Waals surface area contributed by atoms with E-state index in [1.54, 1.807) is 0 Å². The first-order valence-corrected chi connectivity index (χ1v) is 21.1. The summed E-state index contributed by atoms with van der Waals surface area (Å²) in [6.07, 6.45) is 0. The molecule has 1 nitrogen and oxygen atoms in total. The second kappa shape index (κ2) is 14.4. The van der Waals surface area contributed by atoms with Gasteiger partial charge in [0.25, 0.3) is 0 Å². The number of hydrogen-bond donors (Lipinski definition) is 0. The lowest BCUT2D eigenvalue weighted by atomic mass is 9.89. The second-order valence-electron chi connectivity index (χ2n) is 16.1. The Balaban J connectivity index is 1.08. The predicted molar refractivity (Wildman–Crippen MR) is 260 cm³/mol. The first-order valence-electron chi connectivity index (χ1n) is 21.1. The molecule has 0 N–H and O–H groups in total. The molecule has 61 heavy (non-hydrogen) atoms. The molecule has 0 fully saturated rings. The Morgan fingerprint density at radius 3 is 1.00 bits per heavy atom. The highest BCUT2D eigenvalue weighted by atomic mass is 15.0. The molecule has 0 aliphatic rings. The van der Waals surface area contributed by atoms with Gasteiger partial charge in [0.2, 0.25) is 0 Å². The smallest absolute Gasteiger partial charge is 0.0541 e. The molecule has 0 saturated heterocycles. The Kier molecular flexibility index (Phi) is 8.25. The number of benzene rings is 11. The van der Waals surface area contributed by atoms with Crippen LogP contribution >= 0.6 is 0 Å². The normalized spacial score (nSPS) is 11.6. The molecule has 0 bridgehead atoms. The zero-order valence-corrected chi connectivity index (χ0v) is 33.5. The minimum absolute atomic E-state index is 1.16. The van der Waals surface area contributed by atoms with E-state index in [0.717, 1.165) is 5.69 Å². The van der Waals surface area contributed by atoms with Gasteiger partial charge in [-0.05, 0) is 149 Å². The van der Waals surface area contributed by atoms with E-state index in [9.17, 15) is 0 Å². The summed E-state index contributed by atoms with van der Waals surface area (Å²) >= 11 is 0. The second-order valence-corrected chi connectivity index (χ2v) is 16.1. The SMILES string of the molecule is c1ccc(-c2ccc(-c3cc(-c4ccc5c6ccccc6c6ccccc6c5c4)cc(-c4ccc5c(c4)c4cc(-c6ccccc6)ccc4n5-c4ccccc4)c3)cc2)cc1. The molecule has 12 rings (SSSR count). The summed E-state index contributed by atoms with van der Waals surface area (Å²) in [6, 6.07) is 86.9. The van der Waals surface area contributed by atoms with Crippen LogP contribution in [0, 0.1) is 0 Å². The lowest BCUT2D eigenvalue weighted by Gasteiger charge is -2.15. The van der Waals surface area contributed by atoms with Crippen molar-refractivity contribution in [3.63, 3.8) is 0 Å². The average Bonchev–Trinajstić information content (AvgIpc) is 3.67. The lowest BCUT2D eigenvalue weighted by molar-refractivity contribution is 1.18. The van der Waals surface area contributed by atoms with Gasteiger partial charge in [-0.15, -0.1) is 0 Å². The molecule has 0 atom stereocenters. The summed E-state index contributed by atoms with van der Waals surface area (Å²) in [4.78, 5) is 0. The van der Waals surface area contributed by atoms with Crippen molar-refractivity contribution >= 4 is 54.1 Å². The molecule has 284 valence electrons. The van der Waals surface area contributed by atoms with Gasteiger partial charge in [-0.25, -0.2) is 0 Å². The zero-order valence-electron chi connectivity index (χ0n) is 33.5. The summed E-state index contributed by atoms with van der Waals surface area (Å²) in [7, 11) is 0. The quantitative estimate of drug-likeness (QED) is 0.148. The van der Waals surface area contributed by atoms with Crippen LogP contribution in [0.25, 0.3) is 115 Å². The predicted octanol–water partition coefficient (Wildman–Crippen LogP) is 16.6. The van der Waals surface area contributed by atoms with E-state index in [1.807, 2.05) is 0 Å². The van der Waals surface area contributed by atoms with Gasteiger partial charge in [-0.1, -0.05) is 176 Å². The van der Waals surface area contributed by atoms with Crippen LogP contribution in [0.5, 0.6) is 0 Å². The Bertz CT molecular complexity index is 3560. The molecular formula is C60H39N. The van der Waals surface area contributed by atoms with E-state index in [1.165, 1.54) is 110 Å². The van der Waals surface area contributed by atoms with E-state index >= 15 is 0 Å². The summed E-state index contributed by atoms with van der Waals surface area (Å²) in [6.45, 7) is 0. The van der Waals surface area contributed by atoms with Gasteiger partial charge in [-0.3, -0.25) is 0 Å². The Hall–Kier alpha value is -8.00. The van der Waals surface area contributed by atoms with E-state index in [-0.39, 0.29) is 0 Å². The number of fused-ring (bicyclic) bond motifs is 9. The van der Waals surface area contributed by atoms with Crippen LogP contribution in [-0.2, 0) is 0 Å². The fourth-order valence-electron chi connectivity index (χ4n) is 9.57. The third-order valence-electron chi connectivity index (χ3n) is 12.6. The summed E-state index contributed by atoms with van der Waals surface area (Å²) < 4.78 is 2.41. The van der Waals surface area contributed by atoms with Crippen molar-refractivity contribution in [2.24, 2.45) is 0 Å². The van der Waals surface area contributed by atoms with Crippen LogP contribution in [0.2, 0.25) is 0 Å². The van der Waals surface area contributed by atoms with E-state index in [4.69, 9.17) is 0 Å². The van der Waals surface area contributed by atoms with Crippen LogP contribution in [0.1, 0.15) is 0 Å². The molecule has 1 heteroatoms. The van der Waals surface area contributed by atoms with Gasteiger partial charge in [0, 0.05) is 16.5 Å². The third kappa shape index (κ3) is 6.02. The van der Waals surface area contributed by atoms with E-state index < -0.39 is 0 Å². The Morgan fingerprint density at radius 2 is 0.492 bits per heavy atom. The highest BCUT2D eigenvalue weighted by Gasteiger charge is 2.17. The largest absolute Gasteiger partial charge is 0.309 e. The molecule has 0 radical (unpaired) electrons. The molecule has 0 aliphatic carbocycles. The third-order valence-corrected chi connectivity index (χ3v) is 12.6. The lowest BCUT2D eigenvalue weighted by Crippen LogP contribution is -1.93. The molecule has 12 aromatic rings.